The maximum Gasteiger partial charge on any atom is 0.223 e. The second-order valence-electron chi connectivity index (χ2n) is 7.51. The predicted octanol–water partition coefficient (Wildman–Crippen LogP) is 3.49. The lowest BCUT2D eigenvalue weighted by atomic mass is 9.69. The highest BCUT2D eigenvalue weighted by molar-refractivity contribution is 5.80. The SMILES string of the molecule is O=C1CCC[C@H]2Cc3nc4ccccc4cc3C[C@]23CCCN13. The minimum absolute atomic E-state index is 0.0880. The van der Waals surface area contributed by atoms with Gasteiger partial charge in [0.2, 0.25) is 5.91 Å². The first-order chi connectivity index (χ1) is 11.3. The summed E-state index contributed by atoms with van der Waals surface area (Å²) in [7, 11) is 0. The van der Waals surface area contributed by atoms with Crippen LogP contribution in [0.3, 0.4) is 0 Å². The van der Waals surface area contributed by atoms with E-state index in [4.69, 9.17) is 4.98 Å². The first-order valence-corrected chi connectivity index (χ1v) is 8.94. The van der Waals surface area contributed by atoms with Gasteiger partial charge in [0.25, 0.3) is 0 Å². The molecule has 0 unspecified atom stereocenters. The molecule has 2 aromatic rings. The van der Waals surface area contributed by atoms with Crippen molar-refractivity contribution in [2.24, 2.45) is 5.92 Å². The summed E-state index contributed by atoms with van der Waals surface area (Å²) in [5, 5.41) is 1.23. The molecule has 0 bridgehead atoms. The fourth-order valence-electron chi connectivity index (χ4n) is 5.31. The average Bonchev–Trinajstić information content (AvgIpc) is 2.92. The van der Waals surface area contributed by atoms with Gasteiger partial charge in [-0.3, -0.25) is 9.78 Å². The molecule has 1 aromatic heterocycles. The topological polar surface area (TPSA) is 33.2 Å². The highest BCUT2D eigenvalue weighted by atomic mass is 16.2. The van der Waals surface area contributed by atoms with E-state index < -0.39 is 0 Å². The summed E-state index contributed by atoms with van der Waals surface area (Å²) in [4.78, 5) is 19.8. The molecular formula is C20H22N2O. The molecule has 1 aromatic carbocycles. The van der Waals surface area contributed by atoms with Crippen molar-refractivity contribution in [1.82, 2.24) is 9.88 Å². The zero-order valence-electron chi connectivity index (χ0n) is 13.4. The molecule has 3 heteroatoms. The smallest absolute Gasteiger partial charge is 0.223 e. The van der Waals surface area contributed by atoms with Crippen molar-refractivity contribution in [2.75, 3.05) is 6.54 Å². The Bertz CT molecular complexity index is 799. The van der Waals surface area contributed by atoms with Crippen LogP contribution in [0.4, 0.5) is 0 Å². The van der Waals surface area contributed by atoms with Gasteiger partial charge in [-0.25, -0.2) is 0 Å². The minimum atomic E-state index is 0.0880. The number of pyridine rings is 1. The van der Waals surface area contributed by atoms with Crippen LogP contribution in [-0.4, -0.2) is 27.9 Å². The van der Waals surface area contributed by atoms with Crippen LogP contribution in [-0.2, 0) is 17.6 Å². The molecule has 3 nitrogen and oxygen atoms in total. The molecule has 0 radical (unpaired) electrons. The van der Waals surface area contributed by atoms with Crippen molar-refractivity contribution in [1.29, 1.82) is 0 Å². The molecule has 2 saturated heterocycles. The first kappa shape index (κ1) is 13.5. The number of benzene rings is 1. The van der Waals surface area contributed by atoms with Crippen LogP contribution in [0, 0.1) is 5.92 Å². The lowest BCUT2D eigenvalue weighted by molar-refractivity contribution is -0.136. The molecule has 2 atom stereocenters. The Labute approximate surface area is 136 Å². The van der Waals surface area contributed by atoms with E-state index in [-0.39, 0.29) is 5.54 Å². The summed E-state index contributed by atoms with van der Waals surface area (Å²) >= 11 is 0. The molecule has 23 heavy (non-hydrogen) atoms. The third kappa shape index (κ3) is 1.89. The molecular weight excluding hydrogens is 284 g/mol. The van der Waals surface area contributed by atoms with Gasteiger partial charge in [-0.15, -0.1) is 0 Å². The van der Waals surface area contributed by atoms with Crippen LogP contribution in [0.25, 0.3) is 10.9 Å². The number of para-hydroxylation sites is 1. The Hall–Kier alpha value is -1.90. The fraction of sp³-hybridized carbons (Fsp3) is 0.500. The van der Waals surface area contributed by atoms with Gasteiger partial charge in [0.15, 0.2) is 0 Å². The number of hydrogen-bond acceptors (Lipinski definition) is 2. The van der Waals surface area contributed by atoms with Gasteiger partial charge in [0, 0.05) is 24.0 Å². The summed E-state index contributed by atoms with van der Waals surface area (Å²) in [6, 6.07) is 10.7. The van der Waals surface area contributed by atoms with Crippen molar-refractivity contribution < 1.29 is 4.79 Å². The molecule has 0 saturated carbocycles. The van der Waals surface area contributed by atoms with Gasteiger partial charge in [-0.05, 0) is 62.1 Å². The molecule has 1 spiro atoms. The average molecular weight is 306 g/mol. The van der Waals surface area contributed by atoms with Gasteiger partial charge in [0.05, 0.1) is 11.1 Å². The number of carbonyl (C=O) groups excluding carboxylic acids is 1. The van der Waals surface area contributed by atoms with Crippen molar-refractivity contribution in [3.05, 3.63) is 41.6 Å². The zero-order chi connectivity index (χ0) is 15.4. The van der Waals surface area contributed by atoms with Gasteiger partial charge in [-0.2, -0.15) is 0 Å². The monoisotopic (exact) mass is 306 g/mol. The van der Waals surface area contributed by atoms with Gasteiger partial charge in [0.1, 0.15) is 0 Å². The first-order valence-electron chi connectivity index (χ1n) is 8.94. The quantitative estimate of drug-likeness (QED) is 0.746. The number of aromatic nitrogens is 1. The summed E-state index contributed by atoms with van der Waals surface area (Å²) in [6.45, 7) is 0.964. The second-order valence-corrected chi connectivity index (χ2v) is 7.51. The van der Waals surface area contributed by atoms with E-state index in [1.807, 2.05) is 0 Å². The molecule has 3 heterocycles. The summed E-state index contributed by atoms with van der Waals surface area (Å²) < 4.78 is 0. The lowest BCUT2D eigenvalue weighted by Crippen LogP contribution is -2.55. The Balaban J connectivity index is 1.65. The van der Waals surface area contributed by atoms with E-state index in [9.17, 15) is 4.79 Å². The van der Waals surface area contributed by atoms with Crippen molar-refractivity contribution in [3.63, 3.8) is 0 Å². The van der Waals surface area contributed by atoms with E-state index in [0.717, 1.165) is 37.7 Å². The van der Waals surface area contributed by atoms with Crippen molar-refractivity contribution in [3.8, 4) is 0 Å². The van der Waals surface area contributed by atoms with Crippen LogP contribution in [0.5, 0.6) is 0 Å². The molecule has 118 valence electrons. The Morgan fingerprint density at radius 2 is 2.13 bits per heavy atom. The normalized spacial score (nSPS) is 29.8. The van der Waals surface area contributed by atoms with E-state index in [1.165, 1.54) is 35.9 Å². The summed E-state index contributed by atoms with van der Waals surface area (Å²) in [5.41, 5.74) is 3.85. The number of carbonyl (C=O) groups is 1. The van der Waals surface area contributed by atoms with Crippen LogP contribution in [0.1, 0.15) is 43.4 Å². The molecule has 3 aliphatic rings. The Morgan fingerprint density at radius 1 is 1.22 bits per heavy atom. The van der Waals surface area contributed by atoms with Crippen molar-refractivity contribution >= 4 is 16.8 Å². The Kier molecular flexibility index (Phi) is 2.82. The third-order valence-electron chi connectivity index (χ3n) is 6.36. The maximum absolute atomic E-state index is 12.6. The number of fused-ring (bicyclic) bond motifs is 2. The predicted molar refractivity (Wildman–Crippen MR) is 90.2 cm³/mol. The fourth-order valence-corrected chi connectivity index (χ4v) is 5.31. The summed E-state index contributed by atoms with van der Waals surface area (Å²) in [5.74, 6) is 0.986. The number of rotatable bonds is 0. The summed E-state index contributed by atoms with van der Waals surface area (Å²) in [6.07, 6.45) is 7.36. The highest BCUT2D eigenvalue weighted by Crippen LogP contribution is 2.48. The minimum Gasteiger partial charge on any atom is -0.336 e. The number of nitrogens with zero attached hydrogens (tertiary/aromatic N) is 2. The van der Waals surface area contributed by atoms with Crippen LogP contribution < -0.4 is 0 Å². The highest BCUT2D eigenvalue weighted by Gasteiger charge is 2.52. The maximum atomic E-state index is 12.6. The molecule has 0 N–H and O–H groups in total. The standard InChI is InChI=1S/C20H22N2O/c23-19-8-3-6-16-12-18-15(13-20(16)9-4-10-22(19)20)11-14-5-1-2-7-17(14)21-18/h1-2,5,7,11,16H,3-4,6,8-10,12-13H2/t16-,20+/m0/s1. The number of amides is 1. The molecule has 1 amide bonds. The van der Waals surface area contributed by atoms with Crippen LogP contribution in [0.2, 0.25) is 0 Å². The Morgan fingerprint density at radius 3 is 3.09 bits per heavy atom. The lowest BCUT2D eigenvalue weighted by Gasteiger charge is -2.46. The molecule has 5 rings (SSSR count). The largest absolute Gasteiger partial charge is 0.336 e. The number of hydrogen-bond donors (Lipinski definition) is 0. The van der Waals surface area contributed by atoms with Crippen LogP contribution >= 0.6 is 0 Å². The molecule has 2 fully saturated rings. The zero-order valence-corrected chi connectivity index (χ0v) is 13.4. The van der Waals surface area contributed by atoms with Gasteiger partial charge >= 0.3 is 0 Å². The van der Waals surface area contributed by atoms with E-state index in [2.05, 4.69) is 35.2 Å². The van der Waals surface area contributed by atoms with Crippen LogP contribution in [0.15, 0.2) is 30.3 Å². The third-order valence-corrected chi connectivity index (χ3v) is 6.36. The second kappa shape index (κ2) is 4.80. The van der Waals surface area contributed by atoms with Gasteiger partial charge < -0.3 is 4.90 Å². The molecule has 2 aliphatic heterocycles. The molecule has 1 aliphatic carbocycles. The van der Waals surface area contributed by atoms with E-state index in [1.54, 1.807) is 0 Å². The van der Waals surface area contributed by atoms with Gasteiger partial charge in [-0.1, -0.05) is 18.2 Å². The van der Waals surface area contributed by atoms with E-state index >= 15 is 0 Å². The van der Waals surface area contributed by atoms with E-state index in [0.29, 0.717) is 11.8 Å². The van der Waals surface area contributed by atoms with Crippen molar-refractivity contribution in [2.45, 2.75) is 50.5 Å².